The minimum Gasteiger partial charge on any atom is -0.489 e. The zero-order chi connectivity index (χ0) is 23.9. The first-order valence-electron chi connectivity index (χ1n) is 10.9. The molecule has 0 unspecified atom stereocenters. The van der Waals surface area contributed by atoms with Gasteiger partial charge in [0.25, 0.3) is 5.91 Å². The van der Waals surface area contributed by atoms with E-state index in [1.54, 1.807) is 16.9 Å². The van der Waals surface area contributed by atoms with E-state index in [0.29, 0.717) is 49.0 Å². The van der Waals surface area contributed by atoms with Crippen LogP contribution in [0, 0.1) is 23.7 Å². The van der Waals surface area contributed by atoms with Crippen molar-refractivity contribution >= 4 is 17.2 Å². The number of morpholine rings is 1. The maximum absolute atomic E-state index is 11.1. The first kappa shape index (κ1) is 23.1. The van der Waals surface area contributed by atoms with Gasteiger partial charge < -0.3 is 25.0 Å². The molecule has 0 aliphatic carbocycles. The molecule has 2 N–H and O–H groups in total. The average molecular weight is 460 g/mol. The van der Waals surface area contributed by atoms with E-state index < -0.39 is 5.91 Å². The molecular formula is C24H25N7O3. The molecule has 0 saturated carbocycles. The van der Waals surface area contributed by atoms with Crippen LogP contribution in [0.25, 0.3) is 16.6 Å². The molecule has 1 saturated heterocycles. The molecule has 1 aliphatic heterocycles. The number of carbonyl (C=O) groups excluding carboxylic acids is 1. The van der Waals surface area contributed by atoms with Crippen molar-refractivity contribution in [2.24, 2.45) is 0 Å². The highest BCUT2D eigenvalue weighted by atomic mass is 16.5. The number of nitrogens with zero attached hydrogens (tertiary/aromatic N) is 5. The summed E-state index contributed by atoms with van der Waals surface area (Å²) in [6.07, 6.45) is 10.0. The molecule has 34 heavy (non-hydrogen) atoms. The highest BCUT2D eigenvalue weighted by Gasteiger charge is 2.19. The molecule has 10 nitrogen and oxygen atoms in total. The molecule has 10 heteroatoms. The first-order chi connectivity index (χ1) is 16.6. The molecule has 3 aromatic rings. The third kappa shape index (κ3) is 5.44. The van der Waals surface area contributed by atoms with Crippen molar-refractivity contribution in [1.29, 1.82) is 5.26 Å². The maximum atomic E-state index is 11.1. The number of hydrogen-bond donors (Lipinski definition) is 2. The van der Waals surface area contributed by atoms with Crippen LogP contribution < -0.4 is 15.4 Å². The van der Waals surface area contributed by atoms with E-state index in [9.17, 15) is 10.1 Å². The number of ether oxygens (including phenoxy) is 2. The number of rotatable bonds is 8. The van der Waals surface area contributed by atoms with Crippen LogP contribution in [0.1, 0.15) is 5.56 Å². The van der Waals surface area contributed by atoms with Gasteiger partial charge >= 0.3 is 0 Å². The van der Waals surface area contributed by atoms with Gasteiger partial charge in [0, 0.05) is 43.5 Å². The standard InChI is InChI=1S/C24H25N7O3/c1-3-23(32)27-7-6-26-22-5-4-17(12-28-22)21-10-19(15-31-24(21)18(11-25)13-29-31)34-16-20-14-30(2)8-9-33-20/h1,4-5,10,12-13,15,20H,6-9,14,16H2,2H3,(H,26,28)(H,27,32)/t20-/m0/s1. The van der Waals surface area contributed by atoms with Crippen molar-refractivity contribution in [2.45, 2.75) is 6.10 Å². The summed E-state index contributed by atoms with van der Waals surface area (Å²) in [6, 6.07) is 7.82. The van der Waals surface area contributed by atoms with E-state index in [2.05, 4.69) is 38.7 Å². The Morgan fingerprint density at radius 1 is 1.38 bits per heavy atom. The van der Waals surface area contributed by atoms with Crippen molar-refractivity contribution < 1.29 is 14.3 Å². The Balaban J connectivity index is 1.52. The van der Waals surface area contributed by atoms with Crippen LogP contribution in [0.2, 0.25) is 0 Å². The summed E-state index contributed by atoms with van der Waals surface area (Å²) in [4.78, 5) is 17.8. The zero-order valence-corrected chi connectivity index (χ0v) is 18.8. The summed E-state index contributed by atoms with van der Waals surface area (Å²) in [5, 5.41) is 19.6. The molecular weight excluding hydrogens is 434 g/mol. The number of hydrogen-bond acceptors (Lipinski definition) is 8. The average Bonchev–Trinajstić information content (AvgIpc) is 3.28. The fraction of sp³-hybridized carbons (Fsp3) is 0.333. The Morgan fingerprint density at radius 2 is 2.26 bits per heavy atom. The Bertz CT molecular complexity index is 1240. The smallest absolute Gasteiger partial charge is 0.295 e. The number of pyridine rings is 2. The largest absolute Gasteiger partial charge is 0.489 e. The van der Waals surface area contributed by atoms with Crippen molar-refractivity contribution in [3.63, 3.8) is 0 Å². The zero-order valence-electron chi connectivity index (χ0n) is 18.8. The fourth-order valence-electron chi connectivity index (χ4n) is 3.71. The van der Waals surface area contributed by atoms with Crippen molar-refractivity contribution in [2.75, 3.05) is 51.8 Å². The lowest BCUT2D eigenvalue weighted by Crippen LogP contribution is -2.42. The summed E-state index contributed by atoms with van der Waals surface area (Å²) in [5.41, 5.74) is 2.74. The van der Waals surface area contributed by atoms with Crippen LogP contribution in [0.4, 0.5) is 5.82 Å². The second-order valence-corrected chi connectivity index (χ2v) is 7.88. The Kier molecular flexibility index (Phi) is 7.23. The van der Waals surface area contributed by atoms with Crippen LogP contribution in [-0.2, 0) is 9.53 Å². The minimum absolute atomic E-state index is 0.0115. The highest BCUT2D eigenvalue weighted by molar-refractivity contribution is 5.92. The minimum atomic E-state index is -0.451. The third-order valence-electron chi connectivity index (χ3n) is 5.41. The topological polar surface area (TPSA) is 117 Å². The number of nitrogens with one attached hydrogen (secondary N) is 2. The second-order valence-electron chi connectivity index (χ2n) is 7.88. The summed E-state index contributed by atoms with van der Waals surface area (Å²) >= 11 is 0. The number of aromatic nitrogens is 3. The molecule has 1 atom stereocenters. The predicted octanol–water partition coefficient (Wildman–Crippen LogP) is 1.14. The summed E-state index contributed by atoms with van der Waals surface area (Å²) in [7, 11) is 2.06. The lowest BCUT2D eigenvalue weighted by Gasteiger charge is -2.29. The van der Waals surface area contributed by atoms with Crippen LogP contribution >= 0.6 is 0 Å². The lowest BCUT2D eigenvalue weighted by molar-refractivity contribution is -0.115. The van der Waals surface area contributed by atoms with Gasteiger partial charge in [-0.2, -0.15) is 10.4 Å². The lowest BCUT2D eigenvalue weighted by atomic mass is 10.1. The number of nitriles is 1. The van der Waals surface area contributed by atoms with E-state index in [-0.39, 0.29) is 6.10 Å². The third-order valence-corrected chi connectivity index (χ3v) is 5.41. The number of carbonyl (C=O) groups is 1. The van der Waals surface area contributed by atoms with Gasteiger partial charge in [0.05, 0.1) is 30.1 Å². The van der Waals surface area contributed by atoms with Crippen molar-refractivity contribution in [3.05, 3.63) is 42.4 Å². The van der Waals surface area contributed by atoms with Crippen molar-refractivity contribution in [1.82, 2.24) is 24.8 Å². The highest BCUT2D eigenvalue weighted by Crippen LogP contribution is 2.31. The van der Waals surface area contributed by atoms with E-state index in [0.717, 1.165) is 24.2 Å². The number of fused-ring (bicyclic) bond motifs is 1. The molecule has 0 radical (unpaired) electrons. The first-order valence-corrected chi connectivity index (χ1v) is 10.9. The Labute approximate surface area is 197 Å². The number of likely N-dealkylation sites (N-methyl/N-ethyl adjacent to an activating group) is 1. The van der Waals surface area contributed by atoms with Gasteiger partial charge in [-0.25, -0.2) is 9.50 Å². The summed E-state index contributed by atoms with van der Waals surface area (Å²) in [6.45, 7) is 3.68. The van der Waals surface area contributed by atoms with Crippen LogP contribution in [0.3, 0.4) is 0 Å². The summed E-state index contributed by atoms with van der Waals surface area (Å²) in [5.74, 6) is 2.82. The molecule has 174 valence electrons. The number of anilines is 1. The van der Waals surface area contributed by atoms with Crippen LogP contribution in [0.15, 0.2) is 36.8 Å². The molecule has 0 aromatic carbocycles. The van der Waals surface area contributed by atoms with E-state index >= 15 is 0 Å². The number of amides is 1. The Morgan fingerprint density at radius 3 is 3.00 bits per heavy atom. The van der Waals surface area contributed by atoms with Gasteiger partial charge in [0.15, 0.2) is 0 Å². The fourth-order valence-corrected chi connectivity index (χ4v) is 3.71. The molecule has 1 amide bonds. The molecule has 4 rings (SSSR count). The normalized spacial score (nSPS) is 15.9. The number of terminal acetylenes is 1. The van der Waals surface area contributed by atoms with E-state index in [4.69, 9.17) is 15.9 Å². The van der Waals surface area contributed by atoms with Gasteiger partial charge in [-0.1, -0.05) is 0 Å². The van der Waals surface area contributed by atoms with E-state index in [1.165, 1.54) is 6.20 Å². The van der Waals surface area contributed by atoms with Crippen LogP contribution in [0.5, 0.6) is 5.75 Å². The molecule has 1 fully saturated rings. The van der Waals surface area contributed by atoms with Crippen molar-refractivity contribution in [3.8, 4) is 35.3 Å². The SMILES string of the molecule is C#CC(=O)NCCNc1ccc(-c2cc(OC[C@@H]3CN(C)CCO3)cn3ncc(C#N)c23)cn1. The van der Waals surface area contributed by atoms with Gasteiger partial charge in [-0.05, 0) is 31.2 Å². The van der Waals surface area contributed by atoms with Gasteiger partial charge in [0.1, 0.15) is 30.3 Å². The molecule has 0 spiro atoms. The van der Waals surface area contributed by atoms with Gasteiger partial charge in [-0.15, -0.1) is 6.42 Å². The monoisotopic (exact) mass is 459 g/mol. The molecule has 4 heterocycles. The molecule has 3 aromatic heterocycles. The maximum Gasteiger partial charge on any atom is 0.295 e. The predicted molar refractivity (Wildman–Crippen MR) is 126 cm³/mol. The molecule has 1 aliphatic rings. The molecule has 0 bridgehead atoms. The summed E-state index contributed by atoms with van der Waals surface area (Å²) < 4.78 is 13.5. The quantitative estimate of drug-likeness (QED) is 0.381. The van der Waals surface area contributed by atoms with E-state index in [1.807, 2.05) is 24.1 Å². The van der Waals surface area contributed by atoms with Gasteiger partial charge in [-0.3, -0.25) is 4.79 Å². The van der Waals surface area contributed by atoms with Gasteiger partial charge in [0.2, 0.25) is 0 Å². The Hall–Kier alpha value is -4.12. The second kappa shape index (κ2) is 10.7. The van der Waals surface area contributed by atoms with Crippen LogP contribution in [-0.4, -0.2) is 77.9 Å².